The van der Waals surface area contributed by atoms with Crippen LogP contribution in [-0.4, -0.2) is 4.98 Å². The quantitative estimate of drug-likeness (QED) is 0.896. The van der Waals surface area contributed by atoms with Crippen LogP contribution in [0.1, 0.15) is 11.1 Å². The third-order valence-electron chi connectivity index (χ3n) is 2.44. The Morgan fingerprint density at radius 3 is 2.94 bits per heavy atom. The van der Waals surface area contributed by atoms with Crippen molar-refractivity contribution in [2.75, 3.05) is 5.32 Å². The number of nitrogens with zero attached hydrogens (tertiary/aromatic N) is 1. The fourth-order valence-corrected chi connectivity index (χ4v) is 1.71. The van der Waals surface area contributed by atoms with Crippen LogP contribution >= 0.6 is 11.6 Å². The summed E-state index contributed by atoms with van der Waals surface area (Å²) in [5.41, 5.74) is 2.35. The molecule has 0 radical (unpaired) electrons. The third-order valence-corrected chi connectivity index (χ3v) is 2.77. The zero-order valence-electron chi connectivity index (χ0n) is 9.37. The number of rotatable bonds is 3. The minimum Gasteiger partial charge on any atom is -0.378 e. The molecule has 0 atom stereocenters. The van der Waals surface area contributed by atoms with Gasteiger partial charge in [-0.2, -0.15) is 0 Å². The fraction of sp³-hybridized carbons (Fsp3) is 0.154. The van der Waals surface area contributed by atoms with Gasteiger partial charge >= 0.3 is 0 Å². The summed E-state index contributed by atoms with van der Waals surface area (Å²) in [4.78, 5) is 3.96. The van der Waals surface area contributed by atoms with Crippen LogP contribution in [0.15, 0.2) is 36.7 Å². The Balaban J connectivity index is 2.12. The van der Waals surface area contributed by atoms with Crippen LogP contribution in [0.25, 0.3) is 0 Å². The second kappa shape index (κ2) is 5.15. The summed E-state index contributed by atoms with van der Waals surface area (Å²) >= 11 is 5.97. The highest BCUT2D eigenvalue weighted by atomic mass is 35.5. The first-order chi connectivity index (χ1) is 8.16. The van der Waals surface area contributed by atoms with Gasteiger partial charge in [0.15, 0.2) is 0 Å². The lowest BCUT2D eigenvalue weighted by Crippen LogP contribution is -2.02. The third kappa shape index (κ3) is 2.94. The molecule has 1 N–H and O–H groups in total. The van der Waals surface area contributed by atoms with Crippen molar-refractivity contribution in [1.29, 1.82) is 0 Å². The molecular weight excluding hydrogens is 239 g/mol. The van der Waals surface area contributed by atoms with E-state index in [2.05, 4.69) is 10.3 Å². The van der Waals surface area contributed by atoms with E-state index in [1.165, 1.54) is 6.07 Å². The molecule has 0 fully saturated rings. The number of hydrogen-bond acceptors (Lipinski definition) is 2. The van der Waals surface area contributed by atoms with E-state index < -0.39 is 0 Å². The Morgan fingerprint density at radius 1 is 1.35 bits per heavy atom. The topological polar surface area (TPSA) is 24.9 Å². The zero-order chi connectivity index (χ0) is 12.3. The van der Waals surface area contributed by atoms with Gasteiger partial charge < -0.3 is 5.32 Å². The number of nitrogens with one attached hydrogen (secondary N) is 1. The molecule has 2 rings (SSSR count). The molecule has 17 heavy (non-hydrogen) atoms. The summed E-state index contributed by atoms with van der Waals surface area (Å²) in [6, 6.07) is 6.72. The Hall–Kier alpha value is -1.61. The molecular formula is C13H12ClFN2. The van der Waals surface area contributed by atoms with E-state index in [1.807, 2.05) is 13.0 Å². The lowest BCUT2D eigenvalue weighted by Gasteiger charge is -2.09. The van der Waals surface area contributed by atoms with Crippen molar-refractivity contribution in [2.45, 2.75) is 13.5 Å². The van der Waals surface area contributed by atoms with Gasteiger partial charge in [-0.05, 0) is 19.1 Å². The van der Waals surface area contributed by atoms with Crippen molar-refractivity contribution in [1.82, 2.24) is 4.98 Å². The van der Waals surface area contributed by atoms with Crippen molar-refractivity contribution in [3.63, 3.8) is 0 Å². The maximum atomic E-state index is 13.5. The van der Waals surface area contributed by atoms with E-state index >= 15 is 0 Å². The summed E-state index contributed by atoms with van der Waals surface area (Å²) in [6.45, 7) is 2.32. The Morgan fingerprint density at radius 2 is 2.18 bits per heavy atom. The number of anilines is 1. The molecule has 0 unspecified atom stereocenters. The van der Waals surface area contributed by atoms with E-state index in [0.717, 1.165) is 5.56 Å². The van der Waals surface area contributed by atoms with Gasteiger partial charge in [0, 0.05) is 18.3 Å². The summed E-state index contributed by atoms with van der Waals surface area (Å²) in [7, 11) is 0. The van der Waals surface area contributed by atoms with Gasteiger partial charge in [0.25, 0.3) is 0 Å². The SMILES string of the molecule is Cc1ccc(F)c(CNc2cnccc2Cl)c1. The average molecular weight is 251 g/mol. The van der Waals surface area contributed by atoms with E-state index in [0.29, 0.717) is 22.8 Å². The van der Waals surface area contributed by atoms with Crippen molar-refractivity contribution >= 4 is 17.3 Å². The number of pyridine rings is 1. The molecule has 0 amide bonds. The molecule has 88 valence electrons. The highest BCUT2D eigenvalue weighted by molar-refractivity contribution is 6.33. The maximum Gasteiger partial charge on any atom is 0.128 e. The first-order valence-electron chi connectivity index (χ1n) is 5.25. The van der Waals surface area contributed by atoms with Gasteiger partial charge in [0.05, 0.1) is 16.9 Å². The summed E-state index contributed by atoms with van der Waals surface area (Å²) < 4.78 is 13.5. The van der Waals surface area contributed by atoms with Crippen LogP contribution < -0.4 is 5.32 Å². The fourth-order valence-electron chi connectivity index (χ4n) is 1.54. The largest absolute Gasteiger partial charge is 0.378 e. The highest BCUT2D eigenvalue weighted by Gasteiger charge is 2.03. The van der Waals surface area contributed by atoms with Crippen molar-refractivity contribution < 1.29 is 4.39 Å². The molecule has 1 aromatic heterocycles. The Bertz CT molecular complexity index is 529. The lowest BCUT2D eigenvalue weighted by molar-refractivity contribution is 0.612. The number of aryl methyl sites for hydroxylation is 1. The van der Waals surface area contributed by atoms with Gasteiger partial charge in [-0.3, -0.25) is 4.98 Å². The van der Waals surface area contributed by atoms with Crippen LogP contribution in [-0.2, 0) is 6.54 Å². The molecule has 0 spiro atoms. The van der Waals surface area contributed by atoms with Crippen LogP contribution in [0.5, 0.6) is 0 Å². The standard InChI is InChI=1S/C13H12ClFN2/c1-9-2-3-12(15)10(6-9)7-17-13-8-16-5-4-11(13)14/h2-6,8,17H,7H2,1H3. The van der Waals surface area contributed by atoms with Gasteiger partial charge in [-0.25, -0.2) is 4.39 Å². The molecule has 2 nitrogen and oxygen atoms in total. The van der Waals surface area contributed by atoms with Crippen LogP contribution in [0.3, 0.4) is 0 Å². The average Bonchev–Trinajstić information content (AvgIpc) is 2.32. The molecule has 0 aliphatic rings. The van der Waals surface area contributed by atoms with Gasteiger partial charge in [0.2, 0.25) is 0 Å². The Kier molecular flexibility index (Phi) is 3.59. The van der Waals surface area contributed by atoms with Gasteiger partial charge in [-0.1, -0.05) is 29.3 Å². The smallest absolute Gasteiger partial charge is 0.128 e. The van der Waals surface area contributed by atoms with Gasteiger partial charge in [0.1, 0.15) is 5.82 Å². The molecule has 1 aromatic carbocycles. The minimum absolute atomic E-state index is 0.219. The first-order valence-corrected chi connectivity index (χ1v) is 5.63. The molecule has 0 aliphatic carbocycles. The second-order valence-corrected chi connectivity index (χ2v) is 4.21. The second-order valence-electron chi connectivity index (χ2n) is 3.80. The van der Waals surface area contributed by atoms with Crippen LogP contribution in [0.4, 0.5) is 10.1 Å². The molecule has 1 heterocycles. The van der Waals surface area contributed by atoms with Crippen molar-refractivity contribution in [3.05, 3.63) is 58.6 Å². The number of aromatic nitrogens is 1. The number of benzene rings is 1. The zero-order valence-corrected chi connectivity index (χ0v) is 10.1. The van der Waals surface area contributed by atoms with E-state index in [4.69, 9.17) is 11.6 Å². The monoisotopic (exact) mass is 250 g/mol. The molecule has 0 aliphatic heterocycles. The number of halogens is 2. The summed E-state index contributed by atoms with van der Waals surface area (Å²) in [6.07, 6.45) is 3.23. The van der Waals surface area contributed by atoms with E-state index in [9.17, 15) is 4.39 Å². The molecule has 2 aromatic rings. The molecule has 0 bridgehead atoms. The first kappa shape index (κ1) is 11.9. The van der Waals surface area contributed by atoms with E-state index in [1.54, 1.807) is 24.5 Å². The van der Waals surface area contributed by atoms with Crippen LogP contribution in [0, 0.1) is 12.7 Å². The minimum atomic E-state index is -0.219. The molecule has 0 saturated carbocycles. The Labute approximate surface area is 104 Å². The number of hydrogen-bond donors (Lipinski definition) is 1. The normalized spacial score (nSPS) is 10.3. The maximum absolute atomic E-state index is 13.5. The van der Waals surface area contributed by atoms with Crippen LogP contribution in [0.2, 0.25) is 5.02 Å². The van der Waals surface area contributed by atoms with E-state index in [-0.39, 0.29) is 5.82 Å². The van der Waals surface area contributed by atoms with Gasteiger partial charge in [-0.15, -0.1) is 0 Å². The predicted octanol–water partition coefficient (Wildman–Crippen LogP) is 3.79. The summed E-state index contributed by atoms with van der Waals surface area (Å²) in [5, 5.41) is 3.64. The molecule has 0 saturated heterocycles. The van der Waals surface area contributed by atoms with Crippen molar-refractivity contribution in [2.24, 2.45) is 0 Å². The molecule has 4 heteroatoms. The lowest BCUT2D eigenvalue weighted by atomic mass is 10.1. The van der Waals surface area contributed by atoms with Crippen molar-refractivity contribution in [3.8, 4) is 0 Å². The highest BCUT2D eigenvalue weighted by Crippen LogP contribution is 2.20. The predicted molar refractivity (Wildman–Crippen MR) is 67.7 cm³/mol. The summed E-state index contributed by atoms with van der Waals surface area (Å²) in [5.74, 6) is -0.219.